The highest BCUT2D eigenvalue weighted by molar-refractivity contribution is 5.96. The standard InChI is InChI=1S/C16H23NO4/c1-2-13-12(16(19)20)10-14(21-13)15(18)17-9-8-11-6-4-3-5-7-11/h10-11H,2-9H2,1H3,(H,17,18)(H,19,20). The monoisotopic (exact) mass is 293 g/mol. The van der Waals surface area contributed by atoms with E-state index in [0.29, 0.717) is 24.6 Å². The summed E-state index contributed by atoms with van der Waals surface area (Å²) in [7, 11) is 0. The molecule has 1 aromatic rings. The van der Waals surface area contributed by atoms with Crippen molar-refractivity contribution in [2.75, 3.05) is 6.54 Å². The molecule has 1 aromatic heterocycles. The summed E-state index contributed by atoms with van der Waals surface area (Å²) in [6, 6.07) is 1.32. The van der Waals surface area contributed by atoms with Crippen LogP contribution in [0.15, 0.2) is 10.5 Å². The highest BCUT2D eigenvalue weighted by Gasteiger charge is 2.20. The number of hydrogen-bond acceptors (Lipinski definition) is 3. The zero-order valence-electron chi connectivity index (χ0n) is 12.5. The van der Waals surface area contributed by atoms with Crippen LogP contribution in [0.2, 0.25) is 0 Å². The number of nitrogens with one attached hydrogen (secondary N) is 1. The summed E-state index contributed by atoms with van der Waals surface area (Å²) in [6.07, 6.45) is 7.85. The molecule has 1 heterocycles. The van der Waals surface area contributed by atoms with Crippen LogP contribution in [-0.2, 0) is 6.42 Å². The predicted molar refractivity (Wildman–Crippen MR) is 78.6 cm³/mol. The van der Waals surface area contributed by atoms with Gasteiger partial charge in [-0.25, -0.2) is 4.79 Å². The van der Waals surface area contributed by atoms with Crippen molar-refractivity contribution < 1.29 is 19.1 Å². The fraction of sp³-hybridized carbons (Fsp3) is 0.625. The Morgan fingerprint density at radius 2 is 2.05 bits per heavy atom. The molecule has 116 valence electrons. The van der Waals surface area contributed by atoms with Gasteiger partial charge in [0, 0.05) is 19.0 Å². The summed E-state index contributed by atoms with van der Waals surface area (Å²) >= 11 is 0. The molecule has 0 spiro atoms. The van der Waals surface area contributed by atoms with Crippen molar-refractivity contribution >= 4 is 11.9 Å². The number of aryl methyl sites for hydroxylation is 1. The van der Waals surface area contributed by atoms with Crippen molar-refractivity contribution in [1.82, 2.24) is 5.32 Å². The number of carboxylic acid groups (broad SMARTS) is 1. The van der Waals surface area contributed by atoms with E-state index in [1.807, 2.05) is 0 Å². The average Bonchev–Trinajstić information content (AvgIpc) is 2.93. The third kappa shape index (κ3) is 4.09. The van der Waals surface area contributed by atoms with Gasteiger partial charge in [0.1, 0.15) is 11.3 Å². The molecule has 1 aliphatic rings. The lowest BCUT2D eigenvalue weighted by molar-refractivity contribution is 0.0694. The highest BCUT2D eigenvalue weighted by Crippen LogP contribution is 2.25. The van der Waals surface area contributed by atoms with Crippen LogP contribution in [0.1, 0.15) is 72.1 Å². The molecule has 5 heteroatoms. The molecule has 21 heavy (non-hydrogen) atoms. The Labute approximate surface area is 124 Å². The van der Waals surface area contributed by atoms with Crippen molar-refractivity contribution in [3.63, 3.8) is 0 Å². The van der Waals surface area contributed by atoms with Gasteiger partial charge in [-0.2, -0.15) is 0 Å². The maximum absolute atomic E-state index is 12.0. The Balaban J connectivity index is 1.86. The first-order valence-corrected chi connectivity index (χ1v) is 7.76. The first-order chi connectivity index (χ1) is 10.1. The van der Waals surface area contributed by atoms with Gasteiger partial charge in [-0.3, -0.25) is 4.79 Å². The van der Waals surface area contributed by atoms with Gasteiger partial charge < -0.3 is 14.8 Å². The van der Waals surface area contributed by atoms with E-state index in [-0.39, 0.29) is 17.2 Å². The third-order valence-corrected chi connectivity index (χ3v) is 4.15. The number of furan rings is 1. The summed E-state index contributed by atoms with van der Waals surface area (Å²) in [5.41, 5.74) is 0.0786. The summed E-state index contributed by atoms with van der Waals surface area (Å²) in [5.74, 6) is -0.242. The van der Waals surface area contributed by atoms with Crippen LogP contribution in [0, 0.1) is 5.92 Å². The van der Waals surface area contributed by atoms with Crippen molar-refractivity contribution in [2.24, 2.45) is 5.92 Å². The Morgan fingerprint density at radius 3 is 2.62 bits per heavy atom. The molecule has 0 aromatic carbocycles. The Hall–Kier alpha value is -1.78. The molecule has 0 saturated heterocycles. The molecule has 0 bridgehead atoms. The van der Waals surface area contributed by atoms with Gasteiger partial charge in [0.2, 0.25) is 0 Å². The van der Waals surface area contributed by atoms with E-state index < -0.39 is 5.97 Å². The lowest BCUT2D eigenvalue weighted by Crippen LogP contribution is -2.26. The fourth-order valence-electron chi connectivity index (χ4n) is 2.94. The second-order valence-corrected chi connectivity index (χ2v) is 5.65. The second-order valence-electron chi connectivity index (χ2n) is 5.65. The number of carboxylic acids is 1. The van der Waals surface area contributed by atoms with E-state index in [1.165, 1.54) is 38.2 Å². The summed E-state index contributed by atoms with van der Waals surface area (Å²) in [4.78, 5) is 23.0. The van der Waals surface area contributed by atoms with Gasteiger partial charge in [-0.1, -0.05) is 39.0 Å². The van der Waals surface area contributed by atoms with Crippen molar-refractivity contribution in [1.29, 1.82) is 0 Å². The SMILES string of the molecule is CCc1oc(C(=O)NCCC2CCCCC2)cc1C(=O)O. The smallest absolute Gasteiger partial charge is 0.339 e. The van der Waals surface area contributed by atoms with Crippen LogP contribution in [0.25, 0.3) is 0 Å². The van der Waals surface area contributed by atoms with Gasteiger partial charge in [-0.15, -0.1) is 0 Å². The van der Waals surface area contributed by atoms with Crippen LogP contribution < -0.4 is 5.32 Å². The van der Waals surface area contributed by atoms with Crippen LogP contribution in [0.3, 0.4) is 0 Å². The lowest BCUT2D eigenvalue weighted by atomic mass is 9.87. The molecule has 5 nitrogen and oxygen atoms in total. The van der Waals surface area contributed by atoms with E-state index in [2.05, 4.69) is 5.32 Å². The predicted octanol–water partition coefficient (Wildman–Crippen LogP) is 3.24. The number of amides is 1. The average molecular weight is 293 g/mol. The molecule has 2 N–H and O–H groups in total. The summed E-state index contributed by atoms with van der Waals surface area (Å²) in [6.45, 7) is 2.42. The molecule has 0 radical (unpaired) electrons. The van der Waals surface area contributed by atoms with Crippen molar-refractivity contribution in [3.8, 4) is 0 Å². The molecule has 0 atom stereocenters. The largest absolute Gasteiger partial charge is 0.478 e. The third-order valence-electron chi connectivity index (χ3n) is 4.15. The molecule has 1 fully saturated rings. The fourth-order valence-corrected chi connectivity index (χ4v) is 2.94. The Morgan fingerprint density at radius 1 is 1.33 bits per heavy atom. The number of hydrogen-bond donors (Lipinski definition) is 2. The lowest BCUT2D eigenvalue weighted by Gasteiger charge is -2.21. The van der Waals surface area contributed by atoms with Crippen molar-refractivity contribution in [3.05, 3.63) is 23.2 Å². The first-order valence-electron chi connectivity index (χ1n) is 7.76. The Bertz CT molecular complexity index is 500. The molecule has 2 rings (SSSR count). The highest BCUT2D eigenvalue weighted by atomic mass is 16.4. The number of rotatable bonds is 6. The van der Waals surface area contributed by atoms with Gasteiger partial charge in [0.05, 0.1) is 0 Å². The van der Waals surface area contributed by atoms with Gasteiger partial charge >= 0.3 is 5.97 Å². The van der Waals surface area contributed by atoms with Crippen molar-refractivity contribution in [2.45, 2.75) is 51.9 Å². The van der Waals surface area contributed by atoms with E-state index in [9.17, 15) is 9.59 Å². The second kappa shape index (κ2) is 7.29. The van der Waals surface area contributed by atoms with Gasteiger partial charge in [0.25, 0.3) is 5.91 Å². The molecule has 1 amide bonds. The van der Waals surface area contributed by atoms with E-state index in [1.54, 1.807) is 6.92 Å². The molecule has 0 unspecified atom stereocenters. The minimum atomic E-state index is -1.06. The van der Waals surface area contributed by atoms with E-state index in [0.717, 1.165) is 6.42 Å². The maximum atomic E-state index is 12.0. The quantitative estimate of drug-likeness (QED) is 0.843. The first kappa shape index (κ1) is 15.6. The molecule has 1 aliphatic carbocycles. The van der Waals surface area contributed by atoms with E-state index >= 15 is 0 Å². The summed E-state index contributed by atoms with van der Waals surface area (Å²) in [5, 5.41) is 11.9. The minimum absolute atomic E-state index is 0.0786. The summed E-state index contributed by atoms with van der Waals surface area (Å²) < 4.78 is 5.34. The van der Waals surface area contributed by atoms with E-state index in [4.69, 9.17) is 9.52 Å². The number of carbonyl (C=O) groups is 2. The zero-order chi connectivity index (χ0) is 15.2. The molecular weight excluding hydrogens is 270 g/mol. The Kier molecular flexibility index (Phi) is 5.42. The van der Waals surface area contributed by atoms with Crippen LogP contribution in [0.4, 0.5) is 0 Å². The van der Waals surface area contributed by atoms with Crippen LogP contribution in [0.5, 0.6) is 0 Å². The molecule has 1 saturated carbocycles. The minimum Gasteiger partial charge on any atom is -0.478 e. The molecular formula is C16H23NO4. The zero-order valence-corrected chi connectivity index (χ0v) is 12.5. The van der Waals surface area contributed by atoms with Crippen LogP contribution in [-0.4, -0.2) is 23.5 Å². The van der Waals surface area contributed by atoms with Gasteiger partial charge in [0.15, 0.2) is 5.76 Å². The topological polar surface area (TPSA) is 79.5 Å². The van der Waals surface area contributed by atoms with Crippen LogP contribution >= 0.6 is 0 Å². The molecule has 0 aliphatic heterocycles. The maximum Gasteiger partial charge on any atom is 0.339 e. The number of aromatic carboxylic acids is 1. The number of carbonyl (C=O) groups excluding carboxylic acids is 1. The normalized spacial score (nSPS) is 15.9. The van der Waals surface area contributed by atoms with Gasteiger partial charge in [-0.05, 0) is 12.3 Å².